The molecule has 1 amide bonds. The first-order valence-electron chi connectivity index (χ1n) is 9.75. The molecule has 0 aliphatic carbocycles. The summed E-state index contributed by atoms with van der Waals surface area (Å²) in [7, 11) is 1.33. The summed E-state index contributed by atoms with van der Waals surface area (Å²) in [5.41, 5.74) is 1.04. The van der Waals surface area contributed by atoms with Crippen molar-refractivity contribution in [3.8, 4) is 0 Å². The van der Waals surface area contributed by atoms with Crippen LogP contribution in [0.25, 0.3) is 0 Å². The van der Waals surface area contributed by atoms with Gasteiger partial charge in [-0.3, -0.25) is 9.78 Å². The molecular formula is C22H24N2O6. The highest BCUT2D eigenvalue weighted by molar-refractivity contribution is 5.88. The summed E-state index contributed by atoms with van der Waals surface area (Å²) in [5.74, 6) is -1.67. The van der Waals surface area contributed by atoms with E-state index >= 15 is 0 Å². The third-order valence-electron chi connectivity index (χ3n) is 5.05. The topological polar surface area (TPSA) is 95.0 Å². The second-order valence-corrected chi connectivity index (χ2v) is 6.87. The van der Waals surface area contributed by atoms with Gasteiger partial charge in [0.1, 0.15) is 5.92 Å². The molecule has 0 saturated carbocycles. The van der Waals surface area contributed by atoms with Gasteiger partial charge in [-0.25, -0.2) is 9.59 Å². The molecule has 0 radical (unpaired) electrons. The molecule has 0 bridgehead atoms. The lowest BCUT2D eigenvalue weighted by Crippen LogP contribution is -2.49. The average molecular weight is 412 g/mol. The average Bonchev–Trinajstić information content (AvgIpc) is 2.80. The van der Waals surface area contributed by atoms with Crippen molar-refractivity contribution in [1.82, 2.24) is 9.88 Å². The Balaban J connectivity index is 1.67. The molecule has 1 aromatic carbocycles. The second kappa shape index (κ2) is 10.4. The number of ether oxygens (including phenoxy) is 3. The highest BCUT2D eigenvalue weighted by atomic mass is 16.7. The van der Waals surface area contributed by atoms with Crippen LogP contribution in [0.2, 0.25) is 0 Å². The minimum Gasteiger partial charge on any atom is -0.468 e. The smallest absolute Gasteiger partial charge is 0.412 e. The van der Waals surface area contributed by atoms with E-state index in [1.165, 1.54) is 24.4 Å². The first-order valence-corrected chi connectivity index (χ1v) is 9.75. The van der Waals surface area contributed by atoms with Crippen LogP contribution in [0.3, 0.4) is 0 Å². The number of esters is 2. The third-order valence-corrected chi connectivity index (χ3v) is 5.05. The predicted octanol–water partition coefficient (Wildman–Crippen LogP) is 3.14. The first kappa shape index (κ1) is 21.3. The van der Waals surface area contributed by atoms with E-state index < -0.39 is 36.8 Å². The minimum absolute atomic E-state index is 0.263. The number of rotatable bonds is 6. The Kier molecular flexibility index (Phi) is 7.37. The van der Waals surface area contributed by atoms with Crippen molar-refractivity contribution in [2.75, 3.05) is 20.4 Å². The molecule has 1 aromatic heterocycles. The maximum atomic E-state index is 12.7. The number of nitrogens with zero attached hydrogens (tertiary/aromatic N) is 2. The molecule has 3 rings (SSSR count). The summed E-state index contributed by atoms with van der Waals surface area (Å²) in [6.07, 6.45) is 4.58. The maximum absolute atomic E-state index is 12.7. The number of hydrogen-bond donors (Lipinski definition) is 0. The normalized spacial score (nSPS) is 17.0. The van der Waals surface area contributed by atoms with Gasteiger partial charge < -0.3 is 19.1 Å². The van der Waals surface area contributed by atoms with E-state index in [0.29, 0.717) is 13.0 Å². The quantitative estimate of drug-likeness (QED) is 0.531. The number of carbonyl (C=O) groups excluding carboxylic acids is 3. The van der Waals surface area contributed by atoms with Gasteiger partial charge in [0.05, 0.1) is 18.7 Å². The van der Waals surface area contributed by atoms with Crippen molar-refractivity contribution in [2.24, 2.45) is 0 Å². The molecule has 1 fully saturated rings. The highest BCUT2D eigenvalue weighted by Gasteiger charge is 2.39. The lowest BCUT2D eigenvalue weighted by molar-refractivity contribution is -0.144. The Morgan fingerprint density at radius 2 is 1.90 bits per heavy atom. The SMILES string of the molecule is COC(=O)C(c1ccccc1)C1CCCCN1C(=O)OCOC(=O)c1cccnc1. The summed E-state index contributed by atoms with van der Waals surface area (Å²) in [6, 6.07) is 12.0. The van der Waals surface area contributed by atoms with Crippen LogP contribution >= 0.6 is 0 Å². The summed E-state index contributed by atoms with van der Waals surface area (Å²) in [4.78, 5) is 42.6. The van der Waals surface area contributed by atoms with Crippen LogP contribution in [-0.4, -0.2) is 54.4 Å². The van der Waals surface area contributed by atoms with Gasteiger partial charge in [-0.05, 0) is 37.0 Å². The number of aromatic nitrogens is 1. The molecule has 30 heavy (non-hydrogen) atoms. The van der Waals surface area contributed by atoms with Crippen LogP contribution in [-0.2, 0) is 19.0 Å². The van der Waals surface area contributed by atoms with E-state index in [9.17, 15) is 14.4 Å². The Hall–Kier alpha value is -3.42. The van der Waals surface area contributed by atoms with Crippen LogP contribution in [0.4, 0.5) is 4.79 Å². The third kappa shape index (κ3) is 5.14. The van der Waals surface area contributed by atoms with Crippen LogP contribution in [0, 0.1) is 0 Å². The predicted molar refractivity (Wildman–Crippen MR) is 107 cm³/mol. The zero-order chi connectivity index (χ0) is 21.3. The zero-order valence-electron chi connectivity index (χ0n) is 16.7. The molecule has 2 heterocycles. The molecule has 2 aromatic rings. The van der Waals surface area contributed by atoms with Crippen molar-refractivity contribution in [1.29, 1.82) is 0 Å². The fraction of sp³-hybridized carbons (Fsp3) is 0.364. The van der Waals surface area contributed by atoms with Crippen LogP contribution in [0.5, 0.6) is 0 Å². The van der Waals surface area contributed by atoms with Gasteiger partial charge in [0.2, 0.25) is 6.79 Å². The van der Waals surface area contributed by atoms with Gasteiger partial charge in [0.15, 0.2) is 0 Å². The van der Waals surface area contributed by atoms with Gasteiger partial charge in [0.25, 0.3) is 0 Å². The number of likely N-dealkylation sites (tertiary alicyclic amines) is 1. The molecule has 0 spiro atoms. The molecule has 158 valence electrons. The molecule has 2 atom stereocenters. The molecule has 8 nitrogen and oxygen atoms in total. The van der Waals surface area contributed by atoms with Crippen molar-refractivity contribution in [3.05, 3.63) is 66.0 Å². The van der Waals surface area contributed by atoms with E-state index in [-0.39, 0.29) is 5.56 Å². The minimum atomic E-state index is -0.636. The molecular weight excluding hydrogens is 388 g/mol. The van der Waals surface area contributed by atoms with Crippen LogP contribution < -0.4 is 0 Å². The number of methoxy groups -OCH3 is 1. The van der Waals surface area contributed by atoms with Crippen molar-refractivity contribution in [2.45, 2.75) is 31.2 Å². The lowest BCUT2D eigenvalue weighted by Gasteiger charge is -2.38. The summed E-state index contributed by atoms with van der Waals surface area (Å²) in [6.45, 7) is -0.0790. The summed E-state index contributed by atoms with van der Waals surface area (Å²) in [5, 5.41) is 0. The van der Waals surface area contributed by atoms with Crippen molar-refractivity contribution < 1.29 is 28.6 Å². The van der Waals surface area contributed by atoms with Gasteiger partial charge >= 0.3 is 18.0 Å². The van der Waals surface area contributed by atoms with Crippen LogP contribution in [0.1, 0.15) is 41.1 Å². The maximum Gasteiger partial charge on any atom is 0.412 e. The number of benzene rings is 1. The highest BCUT2D eigenvalue weighted by Crippen LogP contribution is 2.32. The fourth-order valence-corrected chi connectivity index (χ4v) is 3.62. The number of piperidine rings is 1. The van der Waals surface area contributed by atoms with Crippen molar-refractivity contribution in [3.63, 3.8) is 0 Å². The molecule has 1 aliphatic rings. The fourth-order valence-electron chi connectivity index (χ4n) is 3.62. The van der Waals surface area contributed by atoms with E-state index in [0.717, 1.165) is 18.4 Å². The van der Waals surface area contributed by atoms with Crippen LogP contribution in [0.15, 0.2) is 54.9 Å². The Morgan fingerprint density at radius 1 is 1.10 bits per heavy atom. The van der Waals surface area contributed by atoms with Gasteiger partial charge in [0, 0.05) is 18.9 Å². The molecule has 0 N–H and O–H groups in total. The summed E-state index contributed by atoms with van der Waals surface area (Å²) < 4.78 is 15.2. The number of pyridine rings is 1. The molecule has 8 heteroatoms. The Labute approximate surface area is 174 Å². The standard InChI is InChI=1S/C22H24N2O6/c1-28-21(26)19(16-8-3-2-4-9-16)18-11-5-6-13-24(18)22(27)30-15-29-20(25)17-10-7-12-23-14-17/h2-4,7-10,12,14,18-19H,5-6,11,13,15H2,1H3. The monoisotopic (exact) mass is 412 g/mol. The Morgan fingerprint density at radius 3 is 2.60 bits per heavy atom. The number of carbonyl (C=O) groups is 3. The number of hydrogen-bond acceptors (Lipinski definition) is 7. The van der Waals surface area contributed by atoms with E-state index in [4.69, 9.17) is 14.2 Å². The number of amides is 1. The van der Waals surface area contributed by atoms with Gasteiger partial charge in [-0.2, -0.15) is 0 Å². The van der Waals surface area contributed by atoms with Gasteiger partial charge in [-0.15, -0.1) is 0 Å². The van der Waals surface area contributed by atoms with Crippen molar-refractivity contribution >= 4 is 18.0 Å². The zero-order valence-corrected chi connectivity index (χ0v) is 16.7. The summed E-state index contributed by atoms with van der Waals surface area (Å²) >= 11 is 0. The molecule has 2 unspecified atom stereocenters. The second-order valence-electron chi connectivity index (χ2n) is 6.87. The Bertz CT molecular complexity index is 858. The van der Waals surface area contributed by atoms with E-state index in [1.807, 2.05) is 30.3 Å². The van der Waals surface area contributed by atoms with E-state index in [2.05, 4.69) is 4.98 Å². The molecule has 1 saturated heterocycles. The lowest BCUT2D eigenvalue weighted by atomic mass is 9.85. The first-order chi connectivity index (χ1) is 14.6. The van der Waals surface area contributed by atoms with Gasteiger partial charge in [-0.1, -0.05) is 30.3 Å². The molecule has 1 aliphatic heterocycles. The largest absolute Gasteiger partial charge is 0.468 e. The van der Waals surface area contributed by atoms with E-state index in [1.54, 1.807) is 12.1 Å².